The number of carboxylic acid groups (broad SMARTS) is 1. The van der Waals surface area contributed by atoms with Crippen LogP contribution in [0.4, 0.5) is 0 Å². The number of benzene rings is 1. The summed E-state index contributed by atoms with van der Waals surface area (Å²) in [5, 5.41) is 10.7. The van der Waals surface area contributed by atoms with Gasteiger partial charge in [-0.1, -0.05) is 77.1 Å². The molecule has 41 heavy (non-hydrogen) atoms. The standard InChI is InChI=1S/C30H38ClNO5.C2H6.C2H2/c1-5-7-11-24(29(19-31)37-28(30(33)34)18-22(3)4)20-36-26(6-2)13-10-17-35-21-25-16-15-23-12-8-9-14-27(23)32-25;2*1-2/h6-16,22,28H,5,17-21H2,1-4H3,(H,33,34);1-2H3;1-2H/b11-7-,13-10-,26-6+,29-24-;;. The molecule has 0 aliphatic heterocycles. The topological polar surface area (TPSA) is 77.9 Å². The summed E-state index contributed by atoms with van der Waals surface area (Å²) in [6.45, 7) is 12.8. The Morgan fingerprint density at radius 3 is 2.41 bits per heavy atom. The van der Waals surface area contributed by atoms with Gasteiger partial charge in [-0.3, -0.25) is 4.98 Å². The molecule has 6 nitrogen and oxygen atoms in total. The van der Waals surface area contributed by atoms with Crippen molar-refractivity contribution in [3.63, 3.8) is 0 Å². The van der Waals surface area contributed by atoms with Crippen molar-refractivity contribution in [2.24, 2.45) is 5.92 Å². The van der Waals surface area contributed by atoms with Crippen LogP contribution in [0.1, 0.15) is 60.1 Å². The molecule has 0 aliphatic carbocycles. The van der Waals surface area contributed by atoms with Gasteiger partial charge in [0.05, 0.1) is 30.3 Å². The number of allylic oxidation sites excluding steroid dienone is 4. The molecule has 1 heterocycles. The van der Waals surface area contributed by atoms with E-state index in [4.69, 9.17) is 25.8 Å². The molecular formula is C34H46ClNO5. The van der Waals surface area contributed by atoms with E-state index in [1.165, 1.54) is 0 Å². The number of fused-ring (bicyclic) bond motifs is 1. The Bertz CT molecular complexity index is 1160. The summed E-state index contributed by atoms with van der Waals surface area (Å²) in [6, 6.07) is 12.0. The number of rotatable bonds is 16. The first-order valence-electron chi connectivity index (χ1n) is 13.9. The van der Waals surface area contributed by atoms with E-state index in [1.54, 1.807) is 0 Å². The smallest absolute Gasteiger partial charge is 0.344 e. The largest absolute Gasteiger partial charge is 0.489 e. The number of ether oxygens (including phenoxy) is 3. The first kappa shape index (κ1) is 37.5. The Morgan fingerprint density at radius 2 is 1.80 bits per heavy atom. The average molecular weight is 584 g/mol. The summed E-state index contributed by atoms with van der Waals surface area (Å²) in [7, 11) is 0. The monoisotopic (exact) mass is 583 g/mol. The molecule has 0 amide bonds. The van der Waals surface area contributed by atoms with Gasteiger partial charge in [0.2, 0.25) is 0 Å². The lowest BCUT2D eigenvalue weighted by atomic mass is 10.1. The van der Waals surface area contributed by atoms with Crippen LogP contribution in [0, 0.1) is 18.8 Å². The van der Waals surface area contributed by atoms with E-state index in [0.29, 0.717) is 36.7 Å². The highest BCUT2D eigenvalue weighted by Crippen LogP contribution is 2.19. The first-order chi connectivity index (χ1) is 19.9. The molecule has 1 unspecified atom stereocenters. The molecule has 1 aromatic heterocycles. The van der Waals surface area contributed by atoms with E-state index in [9.17, 15) is 9.90 Å². The van der Waals surface area contributed by atoms with E-state index >= 15 is 0 Å². The first-order valence-corrected chi connectivity index (χ1v) is 14.5. The summed E-state index contributed by atoms with van der Waals surface area (Å²) >= 11 is 6.16. The molecule has 0 saturated heterocycles. The van der Waals surface area contributed by atoms with Gasteiger partial charge in [-0.05, 0) is 50.0 Å². The predicted octanol–water partition coefficient (Wildman–Crippen LogP) is 8.48. The van der Waals surface area contributed by atoms with Gasteiger partial charge in [0.1, 0.15) is 18.1 Å². The predicted molar refractivity (Wildman–Crippen MR) is 171 cm³/mol. The van der Waals surface area contributed by atoms with Crippen LogP contribution in [0.5, 0.6) is 0 Å². The van der Waals surface area contributed by atoms with E-state index in [0.717, 1.165) is 23.0 Å². The number of pyridine rings is 1. The van der Waals surface area contributed by atoms with E-state index in [2.05, 4.69) is 17.8 Å². The molecule has 1 aromatic carbocycles. The van der Waals surface area contributed by atoms with E-state index in [1.807, 2.05) is 108 Å². The van der Waals surface area contributed by atoms with Crippen LogP contribution in [0.15, 0.2) is 83.9 Å². The van der Waals surface area contributed by atoms with Gasteiger partial charge in [0, 0.05) is 11.0 Å². The van der Waals surface area contributed by atoms with Crippen LogP contribution < -0.4 is 0 Å². The lowest BCUT2D eigenvalue weighted by molar-refractivity contribution is -0.148. The Kier molecular flexibility index (Phi) is 21.2. The summed E-state index contributed by atoms with van der Waals surface area (Å²) < 4.78 is 17.6. The van der Waals surface area contributed by atoms with E-state index in [-0.39, 0.29) is 18.4 Å². The fourth-order valence-electron chi connectivity index (χ4n) is 3.45. The number of terminal acetylenes is 1. The zero-order valence-electron chi connectivity index (χ0n) is 25.3. The number of hydrogen-bond donors (Lipinski definition) is 1. The fraction of sp³-hybridized carbons (Fsp3) is 0.412. The maximum absolute atomic E-state index is 11.7. The SMILES string of the molecule is C#C.C/C=C(\C=C/COCc1ccc2ccccc2n1)OCC(/C=C\CC)=C(/CCl)OC(CC(C)C)C(=O)O.CC. The Hall–Kier alpha value is -3.53. The van der Waals surface area contributed by atoms with Crippen LogP contribution in [-0.4, -0.2) is 41.3 Å². The second kappa shape index (κ2) is 23.2. The van der Waals surface area contributed by atoms with Gasteiger partial charge in [-0.15, -0.1) is 24.4 Å². The van der Waals surface area contributed by atoms with E-state index < -0.39 is 12.1 Å². The number of para-hydroxylation sites is 1. The third kappa shape index (κ3) is 15.2. The van der Waals surface area contributed by atoms with Crippen molar-refractivity contribution >= 4 is 28.5 Å². The number of carboxylic acids is 1. The van der Waals surface area contributed by atoms with Crippen molar-refractivity contribution < 1.29 is 24.1 Å². The van der Waals surface area contributed by atoms with Crippen molar-refractivity contribution in [2.45, 2.75) is 67.1 Å². The molecule has 0 spiro atoms. The second-order valence-corrected chi connectivity index (χ2v) is 9.13. The lowest BCUT2D eigenvalue weighted by Crippen LogP contribution is -2.26. The third-order valence-corrected chi connectivity index (χ3v) is 5.60. The number of aromatic nitrogens is 1. The molecule has 0 fully saturated rings. The molecular weight excluding hydrogens is 538 g/mol. The molecule has 7 heteroatoms. The average Bonchev–Trinajstić information content (AvgIpc) is 2.99. The zero-order valence-corrected chi connectivity index (χ0v) is 26.1. The molecule has 1 N–H and O–H groups in total. The fourth-order valence-corrected chi connectivity index (χ4v) is 3.68. The number of carbonyl (C=O) groups is 1. The maximum atomic E-state index is 11.7. The minimum Gasteiger partial charge on any atom is -0.489 e. The van der Waals surface area contributed by atoms with Crippen LogP contribution in [0.25, 0.3) is 10.9 Å². The highest BCUT2D eigenvalue weighted by molar-refractivity contribution is 6.19. The lowest BCUT2D eigenvalue weighted by Gasteiger charge is -2.20. The van der Waals surface area contributed by atoms with Crippen molar-refractivity contribution in [2.75, 3.05) is 19.1 Å². The van der Waals surface area contributed by atoms with Crippen LogP contribution in [0.3, 0.4) is 0 Å². The van der Waals surface area contributed by atoms with Crippen molar-refractivity contribution in [1.29, 1.82) is 0 Å². The quantitative estimate of drug-likeness (QED) is 0.0702. The van der Waals surface area contributed by atoms with Crippen molar-refractivity contribution in [1.82, 2.24) is 4.98 Å². The van der Waals surface area contributed by atoms with Gasteiger partial charge in [-0.25, -0.2) is 4.79 Å². The molecule has 224 valence electrons. The highest BCUT2D eigenvalue weighted by atomic mass is 35.5. The van der Waals surface area contributed by atoms with Gasteiger partial charge >= 0.3 is 5.97 Å². The molecule has 0 radical (unpaired) electrons. The summed E-state index contributed by atoms with van der Waals surface area (Å²) in [4.78, 5) is 16.3. The second-order valence-electron chi connectivity index (χ2n) is 8.86. The summed E-state index contributed by atoms with van der Waals surface area (Å²) in [5.41, 5.74) is 2.53. The van der Waals surface area contributed by atoms with Crippen molar-refractivity contribution in [3.05, 3.63) is 89.6 Å². The number of hydrogen-bond acceptors (Lipinski definition) is 5. The van der Waals surface area contributed by atoms with Crippen LogP contribution >= 0.6 is 11.6 Å². The number of aliphatic carboxylic acids is 1. The summed E-state index contributed by atoms with van der Waals surface area (Å²) in [6.07, 6.45) is 17.7. The molecule has 0 saturated carbocycles. The summed E-state index contributed by atoms with van der Waals surface area (Å²) in [5.74, 6) is 0.270. The van der Waals surface area contributed by atoms with Crippen LogP contribution in [-0.2, 0) is 25.6 Å². The van der Waals surface area contributed by atoms with Gasteiger partial charge < -0.3 is 19.3 Å². The van der Waals surface area contributed by atoms with Gasteiger partial charge in [-0.2, -0.15) is 0 Å². The Balaban J connectivity index is 0.00000382. The molecule has 0 bridgehead atoms. The molecule has 2 aromatic rings. The van der Waals surface area contributed by atoms with Crippen LogP contribution in [0.2, 0.25) is 0 Å². The highest BCUT2D eigenvalue weighted by Gasteiger charge is 2.23. The Morgan fingerprint density at radius 1 is 1.10 bits per heavy atom. The zero-order chi connectivity index (χ0) is 31.0. The Labute approximate surface area is 251 Å². The molecule has 1 atom stereocenters. The number of halogens is 1. The van der Waals surface area contributed by atoms with Crippen molar-refractivity contribution in [3.8, 4) is 12.8 Å². The third-order valence-electron chi connectivity index (χ3n) is 5.36. The minimum absolute atomic E-state index is 0.0479. The normalized spacial score (nSPS) is 12.8. The minimum atomic E-state index is -1.01. The maximum Gasteiger partial charge on any atom is 0.344 e. The van der Waals surface area contributed by atoms with Gasteiger partial charge in [0.15, 0.2) is 6.10 Å². The number of alkyl halides is 1. The number of nitrogens with zero attached hydrogens (tertiary/aromatic N) is 1. The van der Waals surface area contributed by atoms with Gasteiger partial charge in [0.25, 0.3) is 0 Å². The molecule has 2 rings (SSSR count). The molecule has 0 aliphatic rings.